The molecule has 92 valence electrons. The summed E-state index contributed by atoms with van der Waals surface area (Å²) in [6.07, 6.45) is 2.62. The standard InChI is InChI=1S/C10H16N6O/c17-9(8-2-5-15-16-8)11-6-7-14-10-12-3-1-4-13-10/h2,5H,1,3-4,6-7H2,(H,11,17)(H,15,16)(H2,12,13,14). The molecule has 0 saturated heterocycles. The van der Waals surface area contributed by atoms with E-state index in [1.165, 1.54) is 0 Å². The Balaban J connectivity index is 1.63. The number of nitrogens with zero attached hydrogens (tertiary/aromatic N) is 2. The van der Waals surface area contributed by atoms with E-state index >= 15 is 0 Å². The number of carbonyl (C=O) groups excluding carboxylic acids is 1. The average molecular weight is 236 g/mol. The van der Waals surface area contributed by atoms with Crippen LogP contribution < -0.4 is 16.0 Å². The zero-order chi connectivity index (χ0) is 11.9. The van der Waals surface area contributed by atoms with Gasteiger partial charge in [0.15, 0.2) is 5.96 Å². The molecule has 17 heavy (non-hydrogen) atoms. The van der Waals surface area contributed by atoms with Gasteiger partial charge in [0.25, 0.3) is 5.91 Å². The van der Waals surface area contributed by atoms with E-state index in [0.717, 1.165) is 25.5 Å². The molecule has 7 heteroatoms. The second kappa shape index (κ2) is 5.88. The van der Waals surface area contributed by atoms with Gasteiger partial charge in [0.1, 0.15) is 5.69 Å². The van der Waals surface area contributed by atoms with Crippen molar-refractivity contribution in [3.63, 3.8) is 0 Å². The Bertz CT molecular complexity index is 386. The number of hydrogen-bond acceptors (Lipinski definition) is 5. The van der Waals surface area contributed by atoms with Crippen LogP contribution in [0, 0.1) is 0 Å². The maximum absolute atomic E-state index is 11.5. The van der Waals surface area contributed by atoms with Crippen LogP contribution in [0.15, 0.2) is 17.3 Å². The zero-order valence-electron chi connectivity index (χ0n) is 9.49. The highest BCUT2D eigenvalue weighted by molar-refractivity contribution is 5.92. The number of carbonyl (C=O) groups is 1. The number of aliphatic imine (C=N–C) groups is 1. The summed E-state index contributed by atoms with van der Waals surface area (Å²) in [7, 11) is 0. The molecule has 1 aromatic heterocycles. The van der Waals surface area contributed by atoms with E-state index in [1.807, 2.05) is 0 Å². The van der Waals surface area contributed by atoms with Crippen LogP contribution in [0.3, 0.4) is 0 Å². The molecule has 0 saturated carbocycles. The van der Waals surface area contributed by atoms with Crippen molar-refractivity contribution in [1.82, 2.24) is 26.1 Å². The van der Waals surface area contributed by atoms with Crippen molar-refractivity contribution in [2.75, 3.05) is 26.2 Å². The third-order valence-electron chi connectivity index (χ3n) is 2.35. The van der Waals surface area contributed by atoms with Gasteiger partial charge >= 0.3 is 0 Å². The van der Waals surface area contributed by atoms with Gasteiger partial charge in [0.05, 0.1) is 0 Å². The summed E-state index contributed by atoms with van der Waals surface area (Å²) in [5, 5.41) is 15.4. The lowest BCUT2D eigenvalue weighted by Gasteiger charge is -2.15. The quantitative estimate of drug-likeness (QED) is 0.508. The highest BCUT2D eigenvalue weighted by Gasteiger charge is 2.06. The van der Waals surface area contributed by atoms with E-state index in [2.05, 4.69) is 31.1 Å². The topological polar surface area (TPSA) is 94.2 Å². The van der Waals surface area contributed by atoms with Crippen molar-refractivity contribution >= 4 is 11.9 Å². The first kappa shape index (κ1) is 11.4. The first-order valence-corrected chi connectivity index (χ1v) is 5.66. The zero-order valence-corrected chi connectivity index (χ0v) is 9.49. The summed E-state index contributed by atoms with van der Waals surface area (Å²) in [4.78, 5) is 15.8. The number of hydrogen-bond donors (Lipinski definition) is 4. The van der Waals surface area contributed by atoms with Crippen LogP contribution in [0.4, 0.5) is 0 Å². The molecule has 7 nitrogen and oxygen atoms in total. The summed E-state index contributed by atoms with van der Waals surface area (Å²) in [6.45, 7) is 2.99. The van der Waals surface area contributed by atoms with Crippen molar-refractivity contribution in [2.45, 2.75) is 6.42 Å². The van der Waals surface area contributed by atoms with Gasteiger partial charge in [0.2, 0.25) is 0 Å². The third kappa shape index (κ3) is 3.47. The minimum Gasteiger partial charge on any atom is -0.356 e. The summed E-state index contributed by atoms with van der Waals surface area (Å²) in [6, 6.07) is 1.63. The van der Waals surface area contributed by atoms with E-state index in [4.69, 9.17) is 0 Å². The maximum Gasteiger partial charge on any atom is 0.269 e. The molecule has 0 unspecified atom stereocenters. The van der Waals surface area contributed by atoms with Crippen LogP contribution in [0.25, 0.3) is 0 Å². The van der Waals surface area contributed by atoms with Gasteiger partial charge in [-0.25, -0.2) is 0 Å². The number of nitrogens with one attached hydrogen (secondary N) is 4. The van der Waals surface area contributed by atoms with Crippen molar-refractivity contribution in [2.24, 2.45) is 4.99 Å². The van der Waals surface area contributed by atoms with Gasteiger partial charge in [-0.3, -0.25) is 14.9 Å². The molecule has 0 aromatic carbocycles. The van der Waals surface area contributed by atoms with E-state index in [9.17, 15) is 4.79 Å². The Morgan fingerprint density at radius 2 is 2.41 bits per heavy atom. The van der Waals surface area contributed by atoms with E-state index in [1.54, 1.807) is 12.3 Å². The molecule has 0 radical (unpaired) electrons. The largest absolute Gasteiger partial charge is 0.356 e. The Labute approximate surface area is 99.1 Å². The van der Waals surface area contributed by atoms with E-state index in [0.29, 0.717) is 18.8 Å². The van der Waals surface area contributed by atoms with Crippen LogP contribution in [0.5, 0.6) is 0 Å². The van der Waals surface area contributed by atoms with Crippen molar-refractivity contribution < 1.29 is 4.79 Å². The molecule has 1 aliphatic heterocycles. The Kier molecular flexibility index (Phi) is 3.95. The summed E-state index contributed by atoms with van der Waals surface area (Å²) < 4.78 is 0. The molecular weight excluding hydrogens is 220 g/mol. The molecule has 0 fully saturated rings. The monoisotopic (exact) mass is 236 g/mol. The van der Waals surface area contributed by atoms with Crippen LogP contribution in [0.1, 0.15) is 16.9 Å². The van der Waals surface area contributed by atoms with Gasteiger partial charge in [-0.2, -0.15) is 5.10 Å². The first-order chi connectivity index (χ1) is 8.36. The predicted octanol–water partition coefficient (Wildman–Crippen LogP) is -0.922. The predicted molar refractivity (Wildman–Crippen MR) is 63.8 cm³/mol. The molecule has 0 bridgehead atoms. The molecule has 0 atom stereocenters. The lowest BCUT2D eigenvalue weighted by atomic mass is 10.4. The highest BCUT2D eigenvalue weighted by Crippen LogP contribution is 1.90. The fraction of sp³-hybridized carbons (Fsp3) is 0.500. The molecule has 1 aromatic rings. The number of amides is 1. The van der Waals surface area contributed by atoms with Crippen molar-refractivity contribution in [1.29, 1.82) is 0 Å². The number of H-pyrrole nitrogens is 1. The van der Waals surface area contributed by atoms with Crippen LogP contribution in [-0.2, 0) is 0 Å². The Morgan fingerprint density at radius 3 is 3.12 bits per heavy atom. The number of aromatic nitrogens is 2. The minimum absolute atomic E-state index is 0.150. The van der Waals surface area contributed by atoms with E-state index < -0.39 is 0 Å². The van der Waals surface area contributed by atoms with Gasteiger partial charge in [-0.05, 0) is 12.5 Å². The molecule has 0 spiro atoms. The second-order valence-corrected chi connectivity index (χ2v) is 3.66. The van der Waals surface area contributed by atoms with Crippen molar-refractivity contribution in [3.8, 4) is 0 Å². The van der Waals surface area contributed by atoms with Gasteiger partial charge < -0.3 is 16.0 Å². The van der Waals surface area contributed by atoms with E-state index in [-0.39, 0.29) is 5.91 Å². The summed E-state index contributed by atoms with van der Waals surface area (Å²) in [5.74, 6) is 0.662. The van der Waals surface area contributed by atoms with Gasteiger partial charge in [-0.1, -0.05) is 0 Å². The fourth-order valence-corrected chi connectivity index (χ4v) is 1.49. The molecule has 4 N–H and O–H groups in total. The highest BCUT2D eigenvalue weighted by atomic mass is 16.1. The lowest BCUT2D eigenvalue weighted by Crippen LogP contribution is -2.43. The summed E-state index contributed by atoms with van der Waals surface area (Å²) >= 11 is 0. The SMILES string of the molecule is O=C(NCCNC1=NCCCN1)c1ccn[nH]1. The smallest absolute Gasteiger partial charge is 0.269 e. The second-order valence-electron chi connectivity index (χ2n) is 3.66. The lowest BCUT2D eigenvalue weighted by molar-refractivity contribution is 0.0949. The number of aromatic amines is 1. The molecule has 1 amide bonds. The Morgan fingerprint density at radius 1 is 1.47 bits per heavy atom. The maximum atomic E-state index is 11.5. The Hall–Kier alpha value is -2.05. The minimum atomic E-state index is -0.150. The van der Waals surface area contributed by atoms with Gasteiger partial charge in [-0.15, -0.1) is 0 Å². The van der Waals surface area contributed by atoms with Crippen LogP contribution in [0.2, 0.25) is 0 Å². The molecule has 2 heterocycles. The van der Waals surface area contributed by atoms with Crippen LogP contribution in [-0.4, -0.2) is 48.2 Å². The fourth-order valence-electron chi connectivity index (χ4n) is 1.49. The molecular formula is C10H16N6O. The number of rotatable bonds is 4. The third-order valence-corrected chi connectivity index (χ3v) is 2.35. The van der Waals surface area contributed by atoms with Gasteiger partial charge in [0, 0.05) is 32.4 Å². The molecule has 0 aliphatic carbocycles. The van der Waals surface area contributed by atoms with Crippen molar-refractivity contribution in [3.05, 3.63) is 18.0 Å². The normalized spacial score (nSPS) is 14.7. The number of guanidine groups is 1. The first-order valence-electron chi connectivity index (χ1n) is 5.66. The average Bonchev–Trinajstić information content (AvgIpc) is 2.89. The van der Waals surface area contributed by atoms with Crippen LogP contribution >= 0.6 is 0 Å². The summed E-state index contributed by atoms with van der Waals surface area (Å²) in [5.41, 5.74) is 0.470. The molecule has 1 aliphatic rings. The molecule has 2 rings (SSSR count).